The molecule has 9 aromatic carbocycles. The van der Waals surface area contributed by atoms with Crippen molar-refractivity contribution in [3.63, 3.8) is 0 Å². The van der Waals surface area contributed by atoms with Crippen LogP contribution in [0, 0.1) is 0 Å². The van der Waals surface area contributed by atoms with E-state index in [0.29, 0.717) is 0 Å². The molecule has 0 aliphatic carbocycles. The van der Waals surface area contributed by atoms with Crippen LogP contribution in [0.25, 0.3) is 88.0 Å². The molecule has 0 radical (unpaired) electrons. The van der Waals surface area contributed by atoms with Gasteiger partial charge < -0.3 is 0 Å². The van der Waals surface area contributed by atoms with Gasteiger partial charge in [-0.1, -0.05) is 170 Å². The minimum Gasteiger partial charge on any atom is -0.0622 e. The molecule has 0 unspecified atom stereocenters. The standard InChI is InChI=1S/C48H32/c1-4-15-33(16-5-1)36-21-14-22-38(29-36)46-31-37-27-28-39(30-40(37)32-45(46)34-17-6-2-7-18-34)48-43-25-12-10-23-41(43)47(35-19-8-3-9-20-35)42-24-11-13-26-44(42)48/h1-32H. The molecule has 0 heterocycles. The van der Waals surface area contributed by atoms with Gasteiger partial charge in [0, 0.05) is 0 Å². The van der Waals surface area contributed by atoms with Crippen molar-refractivity contribution in [2.75, 3.05) is 0 Å². The average Bonchev–Trinajstić information content (AvgIpc) is 3.17. The highest BCUT2D eigenvalue weighted by Gasteiger charge is 2.17. The van der Waals surface area contributed by atoms with Crippen molar-refractivity contribution >= 4 is 32.3 Å². The van der Waals surface area contributed by atoms with Crippen LogP contribution in [0.15, 0.2) is 194 Å². The number of rotatable bonds is 5. The van der Waals surface area contributed by atoms with Crippen LogP contribution in [-0.4, -0.2) is 0 Å². The fourth-order valence-electron chi connectivity index (χ4n) is 7.40. The highest BCUT2D eigenvalue weighted by atomic mass is 14.2. The summed E-state index contributed by atoms with van der Waals surface area (Å²) in [4.78, 5) is 0. The van der Waals surface area contributed by atoms with E-state index < -0.39 is 0 Å². The first-order valence-electron chi connectivity index (χ1n) is 16.6. The molecule has 0 N–H and O–H groups in total. The Labute approximate surface area is 281 Å². The first kappa shape index (κ1) is 28.0. The molecule has 0 fully saturated rings. The van der Waals surface area contributed by atoms with Crippen molar-refractivity contribution < 1.29 is 0 Å². The van der Waals surface area contributed by atoms with E-state index in [-0.39, 0.29) is 0 Å². The summed E-state index contributed by atoms with van der Waals surface area (Å²) in [5.41, 5.74) is 12.4. The molecule has 0 aliphatic rings. The molecule has 9 aromatic rings. The molecule has 0 heteroatoms. The Bertz CT molecular complexity index is 2520. The van der Waals surface area contributed by atoms with Crippen molar-refractivity contribution in [3.8, 4) is 55.6 Å². The van der Waals surface area contributed by atoms with Crippen LogP contribution in [0.5, 0.6) is 0 Å². The molecular formula is C48H32. The molecule has 224 valence electrons. The lowest BCUT2D eigenvalue weighted by atomic mass is 9.85. The Morgan fingerprint density at radius 2 is 0.646 bits per heavy atom. The Morgan fingerprint density at radius 3 is 1.25 bits per heavy atom. The summed E-state index contributed by atoms with van der Waals surface area (Å²) < 4.78 is 0. The normalized spacial score (nSPS) is 11.3. The van der Waals surface area contributed by atoms with E-state index in [0.717, 1.165) is 0 Å². The zero-order valence-corrected chi connectivity index (χ0v) is 26.5. The molecule has 48 heavy (non-hydrogen) atoms. The second-order valence-electron chi connectivity index (χ2n) is 12.5. The maximum absolute atomic E-state index is 2.39. The van der Waals surface area contributed by atoms with Gasteiger partial charge in [-0.05, 0) is 112 Å². The predicted molar refractivity (Wildman–Crippen MR) is 206 cm³/mol. The van der Waals surface area contributed by atoms with E-state index in [1.54, 1.807) is 0 Å². The van der Waals surface area contributed by atoms with Crippen molar-refractivity contribution in [2.45, 2.75) is 0 Å². The first-order chi connectivity index (χ1) is 23.8. The maximum atomic E-state index is 2.39. The highest BCUT2D eigenvalue weighted by molar-refractivity contribution is 6.21. The molecule has 0 aliphatic heterocycles. The number of benzene rings is 9. The van der Waals surface area contributed by atoms with Gasteiger partial charge >= 0.3 is 0 Å². The van der Waals surface area contributed by atoms with Gasteiger partial charge in [0.25, 0.3) is 0 Å². The highest BCUT2D eigenvalue weighted by Crippen LogP contribution is 2.45. The lowest BCUT2D eigenvalue weighted by molar-refractivity contribution is 1.58. The third-order valence-electron chi connectivity index (χ3n) is 9.62. The summed E-state index contributed by atoms with van der Waals surface area (Å²) in [6.07, 6.45) is 0. The van der Waals surface area contributed by atoms with Gasteiger partial charge in [-0.25, -0.2) is 0 Å². The van der Waals surface area contributed by atoms with Crippen LogP contribution in [0.2, 0.25) is 0 Å². The Balaban J connectivity index is 1.28. The molecule has 0 spiro atoms. The van der Waals surface area contributed by atoms with Crippen molar-refractivity contribution in [1.82, 2.24) is 0 Å². The van der Waals surface area contributed by atoms with E-state index in [1.165, 1.54) is 88.0 Å². The van der Waals surface area contributed by atoms with Gasteiger partial charge in [0.15, 0.2) is 0 Å². The minimum atomic E-state index is 1.22. The molecule has 0 saturated carbocycles. The van der Waals surface area contributed by atoms with Crippen LogP contribution < -0.4 is 0 Å². The SMILES string of the molecule is c1ccc(-c2cccc(-c3cc4ccc(-c5c6ccccc6c(-c6ccccc6)c6ccccc56)cc4cc3-c3ccccc3)c2)cc1. The van der Waals surface area contributed by atoms with Gasteiger partial charge in [-0.15, -0.1) is 0 Å². The van der Waals surface area contributed by atoms with Gasteiger partial charge in [0.05, 0.1) is 0 Å². The predicted octanol–water partition coefficient (Wildman–Crippen LogP) is 13.5. The smallest absolute Gasteiger partial charge is 0.00262 e. The van der Waals surface area contributed by atoms with E-state index in [2.05, 4.69) is 194 Å². The average molecular weight is 609 g/mol. The number of hydrogen-bond donors (Lipinski definition) is 0. The largest absolute Gasteiger partial charge is 0.0622 e. The summed E-state index contributed by atoms with van der Waals surface area (Å²) in [7, 11) is 0. The molecule has 0 aromatic heterocycles. The molecule has 0 atom stereocenters. The third-order valence-corrected chi connectivity index (χ3v) is 9.62. The lowest BCUT2D eigenvalue weighted by Gasteiger charge is -2.18. The zero-order chi connectivity index (χ0) is 31.9. The van der Waals surface area contributed by atoms with Crippen LogP contribution >= 0.6 is 0 Å². The fraction of sp³-hybridized carbons (Fsp3) is 0. The van der Waals surface area contributed by atoms with Gasteiger partial charge in [0.1, 0.15) is 0 Å². The Kier molecular flexibility index (Phi) is 6.91. The zero-order valence-electron chi connectivity index (χ0n) is 26.5. The van der Waals surface area contributed by atoms with Crippen molar-refractivity contribution in [3.05, 3.63) is 194 Å². The van der Waals surface area contributed by atoms with Crippen LogP contribution in [0.4, 0.5) is 0 Å². The summed E-state index contributed by atoms with van der Waals surface area (Å²) in [5, 5.41) is 7.55. The lowest BCUT2D eigenvalue weighted by Crippen LogP contribution is -1.91. The molecule has 0 nitrogen and oxygen atoms in total. The van der Waals surface area contributed by atoms with E-state index >= 15 is 0 Å². The van der Waals surface area contributed by atoms with Crippen LogP contribution in [-0.2, 0) is 0 Å². The second-order valence-corrected chi connectivity index (χ2v) is 12.5. The van der Waals surface area contributed by atoms with E-state index in [4.69, 9.17) is 0 Å². The van der Waals surface area contributed by atoms with E-state index in [1.807, 2.05) is 0 Å². The van der Waals surface area contributed by atoms with Gasteiger partial charge in [-0.2, -0.15) is 0 Å². The third kappa shape index (κ3) is 4.87. The molecule has 0 saturated heterocycles. The number of fused-ring (bicyclic) bond motifs is 3. The van der Waals surface area contributed by atoms with Gasteiger partial charge in [-0.3, -0.25) is 0 Å². The topological polar surface area (TPSA) is 0 Å². The number of hydrogen-bond acceptors (Lipinski definition) is 0. The van der Waals surface area contributed by atoms with E-state index in [9.17, 15) is 0 Å². The fourth-order valence-corrected chi connectivity index (χ4v) is 7.40. The maximum Gasteiger partial charge on any atom is -0.00262 e. The summed E-state index contributed by atoms with van der Waals surface area (Å²) in [6.45, 7) is 0. The minimum absolute atomic E-state index is 1.22. The second kappa shape index (κ2) is 11.8. The molecular weight excluding hydrogens is 577 g/mol. The van der Waals surface area contributed by atoms with Crippen molar-refractivity contribution in [2.24, 2.45) is 0 Å². The summed E-state index contributed by atoms with van der Waals surface area (Å²) >= 11 is 0. The molecule has 0 bridgehead atoms. The van der Waals surface area contributed by atoms with Crippen molar-refractivity contribution in [1.29, 1.82) is 0 Å². The van der Waals surface area contributed by atoms with Gasteiger partial charge in [0.2, 0.25) is 0 Å². The quantitative estimate of drug-likeness (QED) is 0.171. The van der Waals surface area contributed by atoms with Crippen LogP contribution in [0.1, 0.15) is 0 Å². The monoisotopic (exact) mass is 608 g/mol. The first-order valence-corrected chi connectivity index (χ1v) is 16.6. The molecule has 0 amide bonds. The summed E-state index contributed by atoms with van der Waals surface area (Å²) in [6, 6.07) is 70.7. The summed E-state index contributed by atoms with van der Waals surface area (Å²) in [5.74, 6) is 0. The Hall–Kier alpha value is -6.24. The molecule has 9 rings (SSSR count). The van der Waals surface area contributed by atoms with Crippen LogP contribution in [0.3, 0.4) is 0 Å². The Morgan fingerprint density at radius 1 is 0.208 bits per heavy atom.